The quantitative estimate of drug-likeness (QED) is 0.504. The predicted octanol–water partition coefficient (Wildman–Crippen LogP) is 4.59. The van der Waals surface area contributed by atoms with Crippen LogP contribution >= 0.6 is 15.9 Å². The van der Waals surface area contributed by atoms with E-state index in [0.29, 0.717) is 48.7 Å². The van der Waals surface area contributed by atoms with Gasteiger partial charge in [0.2, 0.25) is 0 Å². The molecule has 2 aliphatic rings. The molecule has 0 atom stereocenters. The minimum absolute atomic E-state index is 0.0123. The molecule has 1 aromatic heterocycles. The Morgan fingerprint density at radius 3 is 2.20 bits per heavy atom. The second-order valence-electron chi connectivity index (χ2n) is 10.6. The van der Waals surface area contributed by atoms with Crippen LogP contribution in [0.4, 0.5) is 10.6 Å². The molecular weight excluding hydrogens is 514 g/mol. The Bertz CT molecular complexity index is 1030. The number of rotatable bonds is 4. The molecule has 10 heteroatoms. The van der Waals surface area contributed by atoms with Crippen LogP contribution in [-0.4, -0.2) is 75.8 Å². The zero-order valence-electron chi connectivity index (χ0n) is 21.8. The van der Waals surface area contributed by atoms with Gasteiger partial charge in [-0.3, -0.25) is 4.79 Å². The van der Waals surface area contributed by atoms with E-state index < -0.39 is 11.2 Å². The molecule has 0 aliphatic carbocycles. The van der Waals surface area contributed by atoms with Gasteiger partial charge >= 0.3 is 12.1 Å². The van der Waals surface area contributed by atoms with Gasteiger partial charge in [0.1, 0.15) is 28.0 Å². The van der Waals surface area contributed by atoms with E-state index in [1.165, 1.54) is 0 Å². The Morgan fingerprint density at radius 1 is 1.06 bits per heavy atom. The van der Waals surface area contributed by atoms with Gasteiger partial charge in [0.15, 0.2) is 5.82 Å². The molecule has 1 aromatic rings. The van der Waals surface area contributed by atoms with Crippen molar-refractivity contribution >= 4 is 39.4 Å². The molecule has 3 rings (SSSR count). The number of carbonyl (C=O) groups excluding carboxylic acids is 2. The summed E-state index contributed by atoms with van der Waals surface area (Å²) in [5.41, 5.74) is 2.07. The van der Waals surface area contributed by atoms with Crippen molar-refractivity contribution in [2.24, 2.45) is 0 Å². The number of esters is 1. The minimum Gasteiger partial charge on any atom is -0.459 e. The highest BCUT2D eigenvalue weighted by atomic mass is 79.9. The van der Waals surface area contributed by atoms with E-state index in [9.17, 15) is 9.59 Å². The molecular formula is C25H36BrN5O4. The van der Waals surface area contributed by atoms with Crippen LogP contribution in [0.5, 0.6) is 0 Å². The molecule has 0 saturated carbocycles. The van der Waals surface area contributed by atoms with E-state index >= 15 is 0 Å². The minimum atomic E-state index is -0.596. The van der Waals surface area contributed by atoms with E-state index in [2.05, 4.69) is 37.4 Å². The first-order valence-electron chi connectivity index (χ1n) is 11.9. The maximum Gasteiger partial charge on any atom is 0.410 e. The average molecular weight is 550 g/mol. The summed E-state index contributed by atoms with van der Waals surface area (Å²) in [5.74, 6) is 0.234. The monoisotopic (exact) mass is 549 g/mol. The molecule has 1 saturated heterocycles. The molecule has 0 spiro atoms. The van der Waals surface area contributed by atoms with Crippen molar-refractivity contribution < 1.29 is 19.1 Å². The molecule has 2 aliphatic heterocycles. The Balaban J connectivity index is 1.92. The highest BCUT2D eigenvalue weighted by Crippen LogP contribution is 2.41. The number of ether oxygens (including phenoxy) is 2. The van der Waals surface area contributed by atoms with Gasteiger partial charge in [0.05, 0.1) is 11.9 Å². The molecule has 0 radical (unpaired) electrons. The summed E-state index contributed by atoms with van der Waals surface area (Å²) in [7, 11) is 0. The predicted molar refractivity (Wildman–Crippen MR) is 139 cm³/mol. The summed E-state index contributed by atoms with van der Waals surface area (Å²) >= 11 is 3.41. The highest BCUT2D eigenvalue weighted by molar-refractivity contribution is 9.10. The van der Waals surface area contributed by atoms with Gasteiger partial charge in [-0.05, 0) is 63.9 Å². The van der Waals surface area contributed by atoms with Crippen molar-refractivity contribution in [3.05, 3.63) is 34.5 Å². The first kappa shape index (κ1) is 27.0. The number of halogens is 1. The molecule has 1 amide bonds. The summed E-state index contributed by atoms with van der Waals surface area (Å²) in [6.07, 6.45) is 1.96. The molecule has 35 heavy (non-hydrogen) atoms. The number of allylic oxidation sites excluding steroid dienone is 2. The zero-order chi connectivity index (χ0) is 26.1. The maximum absolute atomic E-state index is 12.8. The Kier molecular flexibility index (Phi) is 7.83. The van der Waals surface area contributed by atoms with E-state index in [0.717, 1.165) is 17.0 Å². The van der Waals surface area contributed by atoms with E-state index in [4.69, 9.17) is 9.47 Å². The summed E-state index contributed by atoms with van der Waals surface area (Å²) < 4.78 is 11.7. The number of aromatic nitrogens is 2. The second-order valence-corrected chi connectivity index (χ2v) is 11.4. The number of hydrogen-bond acceptors (Lipinski definition) is 8. The van der Waals surface area contributed by atoms with Crippen molar-refractivity contribution in [2.45, 2.75) is 66.1 Å². The van der Waals surface area contributed by atoms with Crippen LogP contribution in [0.15, 0.2) is 28.8 Å². The normalized spacial score (nSPS) is 16.9. The van der Waals surface area contributed by atoms with E-state index in [1.807, 2.05) is 53.4 Å². The largest absolute Gasteiger partial charge is 0.459 e. The fourth-order valence-corrected chi connectivity index (χ4v) is 4.43. The molecule has 0 bridgehead atoms. The van der Waals surface area contributed by atoms with Gasteiger partial charge in [-0.25, -0.2) is 14.8 Å². The Labute approximate surface area is 216 Å². The standard InChI is InChI=1S/C25H36BrN5O4/c1-9-17-21(29-10-12-30(13-11-29)23(33)35-25(6,7)8)16(2)20-22(27-14-18(26)28-20)31(17)15-19(32)34-24(3,4)5/h14H,2,9-13,15H2,1,3-8H3. The van der Waals surface area contributed by atoms with Crippen molar-refractivity contribution in [2.75, 3.05) is 37.6 Å². The van der Waals surface area contributed by atoms with Crippen LogP contribution in [0.1, 0.15) is 60.6 Å². The smallest absolute Gasteiger partial charge is 0.410 e. The van der Waals surface area contributed by atoms with Crippen LogP contribution in [0.3, 0.4) is 0 Å². The molecule has 3 heterocycles. The van der Waals surface area contributed by atoms with Crippen LogP contribution in [0, 0.1) is 0 Å². The fraction of sp³-hybridized carbons (Fsp3) is 0.600. The van der Waals surface area contributed by atoms with Gasteiger partial charge in [0.25, 0.3) is 0 Å². The van der Waals surface area contributed by atoms with Crippen molar-refractivity contribution in [1.29, 1.82) is 0 Å². The number of amides is 1. The topological polar surface area (TPSA) is 88.1 Å². The van der Waals surface area contributed by atoms with Crippen LogP contribution in [-0.2, 0) is 14.3 Å². The molecule has 9 nitrogen and oxygen atoms in total. The summed E-state index contributed by atoms with van der Waals surface area (Å²) in [6, 6.07) is 0. The van der Waals surface area contributed by atoms with Crippen molar-refractivity contribution in [1.82, 2.24) is 19.8 Å². The summed E-state index contributed by atoms with van der Waals surface area (Å²) in [5, 5.41) is 0. The molecule has 0 unspecified atom stereocenters. The zero-order valence-corrected chi connectivity index (χ0v) is 23.4. The average Bonchev–Trinajstić information content (AvgIpc) is 2.73. The Hall–Kier alpha value is -2.62. The lowest BCUT2D eigenvalue weighted by molar-refractivity contribution is -0.152. The first-order valence-corrected chi connectivity index (χ1v) is 12.7. The lowest BCUT2D eigenvalue weighted by Crippen LogP contribution is -2.51. The van der Waals surface area contributed by atoms with Crippen LogP contribution in [0.25, 0.3) is 5.57 Å². The van der Waals surface area contributed by atoms with Crippen molar-refractivity contribution in [3.63, 3.8) is 0 Å². The molecule has 0 aromatic carbocycles. The van der Waals surface area contributed by atoms with Crippen LogP contribution in [0.2, 0.25) is 0 Å². The van der Waals surface area contributed by atoms with Gasteiger partial charge < -0.3 is 24.2 Å². The van der Waals surface area contributed by atoms with Gasteiger partial charge in [-0.1, -0.05) is 13.5 Å². The third-order valence-corrected chi connectivity index (χ3v) is 5.82. The number of hydrogen-bond donors (Lipinski definition) is 0. The molecule has 192 valence electrons. The lowest BCUT2D eigenvalue weighted by Gasteiger charge is -2.42. The SMILES string of the molecule is C=C1C(N2CCN(C(=O)OC(C)(C)C)CC2)=C(CC)N(CC(=O)OC(C)(C)C)c2ncc(Br)nc21. The molecule has 0 N–H and O–H groups in total. The number of fused-ring (bicyclic) bond motifs is 1. The number of nitrogens with zero attached hydrogens (tertiary/aromatic N) is 5. The number of piperazine rings is 1. The first-order chi connectivity index (χ1) is 16.2. The van der Waals surface area contributed by atoms with Gasteiger partial charge in [-0.15, -0.1) is 0 Å². The third kappa shape index (κ3) is 6.54. The summed E-state index contributed by atoms with van der Waals surface area (Å²) in [4.78, 5) is 40.4. The van der Waals surface area contributed by atoms with Crippen LogP contribution < -0.4 is 4.90 Å². The third-order valence-electron chi connectivity index (χ3n) is 5.44. The lowest BCUT2D eigenvalue weighted by atomic mass is 9.99. The number of carbonyl (C=O) groups is 2. The van der Waals surface area contributed by atoms with E-state index in [-0.39, 0.29) is 18.6 Å². The highest BCUT2D eigenvalue weighted by Gasteiger charge is 2.36. The maximum atomic E-state index is 12.8. The Morgan fingerprint density at radius 2 is 1.66 bits per heavy atom. The summed E-state index contributed by atoms with van der Waals surface area (Å²) in [6.45, 7) is 19.8. The van der Waals surface area contributed by atoms with Gasteiger partial charge in [0, 0.05) is 37.4 Å². The van der Waals surface area contributed by atoms with E-state index in [1.54, 1.807) is 11.1 Å². The fourth-order valence-electron chi connectivity index (χ4n) is 4.15. The molecule has 1 fully saturated rings. The van der Waals surface area contributed by atoms with Gasteiger partial charge in [-0.2, -0.15) is 0 Å². The van der Waals surface area contributed by atoms with Crippen molar-refractivity contribution in [3.8, 4) is 0 Å². The second kappa shape index (κ2) is 10.2. The number of anilines is 1.